The second-order valence-electron chi connectivity index (χ2n) is 3.36. The molecule has 1 unspecified atom stereocenters. The van der Waals surface area contributed by atoms with Crippen LogP contribution in [0.25, 0.3) is 0 Å². The first-order valence-electron chi connectivity index (χ1n) is 5.05. The molecule has 7 heteroatoms. The molecule has 3 N–H and O–H groups in total. The third-order valence-corrected chi connectivity index (χ3v) is 2.62. The summed E-state index contributed by atoms with van der Waals surface area (Å²) in [7, 11) is 0. The quantitative estimate of drug-likeness (QED) is 0.762. The minimum Gasteiger partial charge on any atom is -0.370 e. The van der Waals surface area contributed by atoms with Crippen molar-refractivity contribution in [2.75, 3.05) is 18.5 Å². The van der Waals surface area contributed by atoms with E-state index in [2.05, 4.69) is 15.5 Å². The fourth-order valence-corrected chi connectivity index (χ4v) is 1.53. The number of nitrogens with one attached hydrogen (secondary N) is 1. The maximum absolute atomic E-state index is 11.4. The average molecular weight is 244 g/mol. The van der Waals surface area contributed by atoms with Crippen molar-refractivity contribution < 1.29 is 9.53 Å². The number of aryl methyl sites for hydroxylation is 1. The van der Waals surface area contributed by atoms with Gasteiger partial charge in [0.05, 0.1) is 6.61 Å². The van der Waals surface area contributed by atoms with Crippen molar-refractivity contribution in [3.05, 3.63) is 5.01 Å². The molecule has 0 aliphatic heterocycles. The highest BCUT2D eigenvalue weighted by Crippen LogP contribution is 2.13. The molecule has 0 aromatic carbocycles. The van der Waals surface area contributed by atoms with Gasteiger partial charge in [-0.15, -0.1) is 10.2 Å². The first-order chi connectivity index (χ1) is 7.61. The number of hydrogen-bond donors (Lipinski definition) is 2. The van der Waals surface area contributed by atoms with Crippen LogP contribution in [0.4, 0.5) is 5.13 Å². The van der Waals surface area contributed by atoms with Crippen LogP contribution < -0.4 is 11.1 Å². The summed E-state index contributed by atoms with van der Waals surface area (Å²) in [5.74, 6) is -0.237. The van der Waals surface area contributed by atoms with Crippen molar-refractivity contribution >= 4 is 22.4 Å². The molecule has 1 aromatic heterocycles. The summed E-state index contributed by atoms with van der Waals surface area (Å²) in [6.07, 6.45) is 0.831. The average Bonchev–Trinajstić information content (AvgIpc) is 2.63. The monoisotopic (exact) mass is 244 g/mol. The molecule has 0 radical (unpaired) electrons. The van der Waals surface area contributed by atoms with Crippen molar-refractivity contribution in [2.24, 2.45) is 5.73 Å². The molecule has 1 atom stereocenters. The highest BCUT2D eigenvalue weighted by Gasteiger charge is 2.07. The molecule has 1 rings (SSSR count). The van der Waals surface area contributed by atoms with Crippen LogP contribution >= 0.6 is 11.3 Å². The predicted octanol–water partition coefficient (Wildman–Crippen LogP) is 0.539. The number of rotatable bonds is 6. The zero-order valence-electron chi connectivity index (χ0n) is 9.40. The van der Waals surface area contributed by atoms with Gasteiger partial charge >= 0.3 is 0 Å². The minimum atomic E-state index is -0.237. The summed E-state index contributed by atoms with van der Waals surface area (Å²) in [5.41, 5.74) is 5.64. The van der Waals surface area contributed by atoms with Crippen LogP contribution in [0, 0.1) is 6.92 Å². The maximum Gasteiger partial charge on any atom is 0.252 e. The molecule has 1 heterocycles. The van der Waals surface area contributed by atoms with Gasteiger partial charge in [0.1, 0.15) is 11.6 Å². The smallest absolute Gasteiger partial charge is 0.252 e. The van der Waals surface area contributed by atoms with Crippen molar-refractivity contribution in [3.8, 4) is 0 Å². The van der Waals surface area contributed by atoms with E-state index in [4.69, 9.17) is 10.5 Å². The van der Waals surface area contributed by atoms with Gasteiger partial charge in [-0.05, 0) is 13.3 Å². The van der Waals surface area contributed by atoms with Gasteiger partial charge in [0.25, 0.3) is 5.91 Å². The number of nitrogens with two attached hydrogens (primary N) is 1. The van der Waals surface area contributed by atoms with Gasteiger partial charge in [-0.2, -0.15) is 0 Å². The van der Waals surface area contributed by atoms with Gasteiger partial charge in [-0.1, -0.05) is 18.3 Å². The minimum absolute atomic E-state index is 0.00761. The lowest BCUT2D eigenvalue weighted by molar-refractivity contribution is -0.120. The molecule has 1 aromatic rings. The molecule has 90 valence electrons. The number of carbonyl (C=O) groups is 1. The third-order valence-electron chi connectivity index (χ3n) is 1.86. The second-order valence-corrected chi connectivity index (χ2v) is 4.54. The molecule has 0 aliphatic rings. The van der Waals surface area contributed by atoms with Crippen molar-refractivity contribution in [3.63, 3.8) is 0 Å². The number of anilines is 1. The van der Waals surface area contributed by atoms with Gasteiger partial charge in [-0.3, -0.25) is 10.1 Å². The van der Waals surface area contributed by atoms with Gasteiger partial charge in [0, 0.05) is 6.04 Å². The zero-order chi connectivity index (χ0) is 12.0. The van der Waals surface area contributed by atoms with Gasteiger partial charge in [0.15, 0.2) is 0 Å². The Labute approximate surface area is 98.2 Å². The predicted molar refractivity (Wildman–Crippen MR) is 62.4 cm³/mol. The number of amides is 1. The topological polar surface area (TPSA) is 90.1 Å². The normalized spacial score (nSPS) is 12.4. The van der Waals surface area contributed by atoms with Crippen LogP contribution in [0.5, 0.6) is 0 Å². The van der Waals surface area contributed by atoms with E-state index in [9.17, 15) is 4.79 Å². The fourth-order valence-electron chi connectivity index (χ4n) is 0.923. The Bertz CT molecular complexity index is 342. The SMILES string of the molecule is CCC(N)COCC(=O)Nc1nnc(C)s1. The van der Waals surface area contributed by atoms with Gasteiger partial charge < -0.3 is 10.5 Å². The molecule has 0 saturated carbocycles. The third kappa shape index (κ3) is 4.65. The zero-order valence-corrected chi connectivity index (χ0v) is 10.2. The molecule has 0 spiro atoms. The standard InChI is InChI=1S/C9H16N4O2S/c1-3-7(10)4-15-5-8(14)11-9-13-12-6(2)16-9/h7H,3-5,10H2,1-2H3,(H,11,13,14). The lowest BCUT2D eigenvalue weighted by Crippen LogP contribution is -2.28. The maximum atomic E-state index is 11.4. The Morgan fingerprint density at radius 3 is 2.94 bits per heavy atom. The van der Waals surface area contributed by atoms with Crippen molar-refractivity contribution in [1.82, 2.24) is 10.2 Å². The first kappa shape index (κ1) is 13.0. The summed E-state index contributed by atoms with van der Waals surface area (Å²) in [6, 6.07) is -0.0171. The highest BCUT2D eigenvalue weighted by atomic mass is 32.1. The van der Waals surface area contributed by atoms with E-state index < -0.39 is 0 Å². The fraction of sp³-hybridized carbons (Fsp3) is 0.667. The van der Waals surface area contributed by atoms with E-state index >= 15 is 0 Å². The number of hydrogen-bond acceptors (Lipinski definition) is 6. The number of ether oxygens (including phenoxy) is 1. The van der Waals surface area contributed by atoms with Gasteiger partial charge in [-0.25, -0.2) is 0 Å². The molecule has 1 amide bonds. The Morgan fingerprint density at radius 1 is 1.62 bits per heavy atom. The Balaban J connectivity index is 2.21. The molecular weight excluding hydrogens is 228 g/mol. The number of carbonyl (C=O) groups excluding carboxylic acids is 1. The van der Waals surface area contributed by atoms with Crippen molar-refractivity contribution in [1.29, 1.82) is 0 Å². The molecule has 6 nitrogen and oxygen atoms in total. The summed E-state index contributed by atoms with van der Waals surface area (Å²) < 4.78 is 5.15. The summed E-state index contributed by atoms with van der Waals surface area (Å²) in [5, 5.41) is 11.5. The molecule has 0 fully saturated rings. The molecule has 16 heavy (non-hydrogen) atoms. The number of nitrogens with zero attached hydrogens (tertiary/aromatic N) is 2. The Kier molecular flexibility index (Phi) is 5.30. The van der Waals surface area contributed by atoms with E-state index in [0.717, 1.165) is 11.4 Å². The first-order valence-corrected chi connectivity index (χ1v) is 5.86. The van der Waals surface area contributed by atoms with Crippen LogP contribution in [0.15, 0.2) is 0 Å². The molecule has 0 aliphatic carbocycles. The van der Waals surface area contributed by atoms with E-state index in [1.54, 1.807) is 0 Å². The lowest BCUT2D eigenvalue weighted by atomic mass is 10.3. The molecular formula is C9H16N4O2S. The van der Waals surface area contributed by atoms with Crippen LogP contribution in [-0.2, 0) is 9.53 Å². The molecule has 0 saturated heterocycles. The largest absolute Gasteiger partial charge is 0.370 e. The Hall–Kier alpha value is -1.05. The molecule has 0 bridgehead atoms. The second kappa shape index (κ2) is 6.51. The van der Waals surface area contributed by atoms with E-state index in [-0.39, 0.29) is 18.6 Å². The van der Waals surface area contributed by atoms with E-state index in [1.165, 1.54) is 11.3 Å². The van der Waals surface area contributed by atoms with Crippen LogP contribution in [-0.4, -0.2) is 35.4 Å². The summed E-state index contributed by atoms with van der Waals surface area (Å²) in [4.78, 5) is 11.4. The van der Waals surface area contributed by atoms with E-state index in [1.807, 2.05) is 13.8 Å². The summed E-state index contributed by atoms with van der Waals surface area (Å²) in [6.45, 7) is 4.17. The van der Waals surface area contributed by atoms with Gasteiger partial charge in [0.2, 0.25) is 5.13 Å². The lowest BCUT2D eigenvalue weighted by Gasteiger charge is -2.08. The summed E-state index contributed by atoms with van der Waals surface area (Å²) >= 11 is 1.33. The van der Waals surface area contributed by atoms with Crippen LogP contribution in [0.3, 0.4) is 0 Å². The number of aromatic nitrogens is 2. The highest BCUT2D eigenvalue weighted by molar-refractivity contribution is 7.15. The van der Waals surface area contributed by atoms with E-state index in [0.29, 0.717) is 11.7 Å². The Morgan fingerprint density at radius 2 is 2.38 bits per heavy atom. The van der Waals surface area contributed by atoms with Crippen LogP contribution in [0.2, 0.25) is 0 Å². The van der Waals surface area contributed by atoms with Crippen LogP contribution in [0.1, 0.15) is 18.4 Å². The van der Waals surface area contributed by atoms with Crippen molar-refractivity contribution in [2.45, 2.75) is 26.3 Å².